The molecule has 1 aromatic carbocycles. The van der Waals surface area contributed by atoms with E-state index >= 15 is 0 Å². The number of nitrogens with one attached hydrogen (secondary N) is 2. The van der Waals surface area contributed by atoms with Gasteiger partial charge in [-0.2, -0.15) is 0 Å². The summed E-state index contributed by atoms with van der Waals surface area (Å²) in [6, 6.07) is 6.82. The Morgan fingerprint density at radius 3 is 2.29 bits per heavy atom. The SMILES string of the molecule is CCNC(=NCCCCN1C(=O)c2ccccc2C1=O)NC1CCN(C(N)=O)CC1.I. The number of hydrogen-bond donors (Lipinski definition) is 3. The van der Waals surface area contributed by atoms with Gasteiger partial charge in [0, 0.05) is 38.8 Å². The van der Waals surface area contributed by atoms with Gasteiger partial charge in [-0.3, -0.25) is 19.5 Å². The molecule has 2 aliphatic rings. The Balaban J connectivity index is 0.00000341. The largest absolute Gasteiger partial charge is 0.357 e. The smallest absolute Gasteiger partial charge is 0.314 e. The van der Waals surface area contributed by atoms with Gasteiger partial charge in [-0.05, 0) is 44.7 Å². The molecular formula is C21H31IN6O3. The number of carbonyl (C=O) groups excluding carboxylic acids is 3. The lowest BCUT2D eigenvalue weighted by Crippen LogP contribution is -2.50. The minimum absolute atomic E-state index is 0. The van der Waals surface area contributed by atoms with Crippen molar-refractivity contribution in [1.29, 1.82) is 0 Å². The maximum absolute atomic E-state index is 12.4. The third-order valence-corrected chi connectivity index (χ3v) is 5.43. The number of urea groups is 1. The molecule has 3 rings (SSSR count). The normalized spacial score (nSPS) is 16.7. The lowest BCUT2D eigenvalue weighted by molar-refractivity contribution is 0.0652. The maximum Gasteiger partial charge on any atom is 0.314 e. The standard InChI is InChI=1S/C21H30N6O3.HI/c1-2-23-21(25-15-9-13-26(14-10-15)20(22)30)24-11-5-6-12-27-18(28)16-7-3-4-8-17(16)19(27)29;/h3-4,7-8,15H,2,5-6,9-14H2,1H3,(H2,22,30)(H2,23,24,25);1H. The van der Waals surface area contributed by atoms with Crippen molar-refractivity contribution in [3.63, 3.8) is 0 Å². The lowest BCUT2D eigenvalue weighted by atomic mass is 10.1. The van der Waals surface area contributed by atoms with E-state index in [-0.39, 0.29) is 47.9 Å². The van der Waals surface area contributed by atoms with Crippen molar-refractivity contribution >= 4 is 47.8 Å². The minimum atomic E-state index is -0.368. The van der Waals surface area contributed by atoms with Crippen LogP contribution in [0, 0.1) is 0 Å². The fraction of sp³-hybridized carbons (Fsp3) is 0.524. The number of likely N-dealkylation sites (tertiary alicyclic amines) is 1. The number of guanidine groups is 1. The molecule has 0 aliphatic carbocycles. The zero-order chi connectivity index (χ0) is 21.5. The van der Waals surface area contributed by atoms with E-state index in [9.17, 15) is 14.4 Å². The molecule has 0 spiro atoms. The summed E-state index contributed by atoms with van der Waals surface area (Å²) in [6.07, 6.45) is 3.12. The third kappa shape index (κ3) is 6.31. The zero-order valence-corrected chi connectivity index (χ0v) is 20.1. The quantitative estimate of drug-likeness (QED) is 0.160. The number of halogens is 1. The second kappa shape index (κ2) is 11.9. The molecule has 31 heavy (non-hydrogen) atoms. The van der Waals surface area contributed by atoms with E-state index in [1.807, 2.05) is 6.92 Å². The number of hydrogen-bond acceptors (Lipinski definition) is 4. The molecule has 9 nitrogen and oxygen atoms in total. The molecule has 0 atom stereocenters. The molecule has 0 unspecified atom stereocenters. The molecule has 0 aromatic heterocycles. The molecule has 0 saturated carbocycles. The molecule has 170 valence electrons. The van der Waals surface area contributed by atoms with Crippen LogP contribution in [0.2, 0.25) is 0 Å². The highest BCUT2D eigenvalue weighted by Crippen LogP contribution is 2.22. The molecule has 1 saturated heterocycles. The van der Waals surface area contributed by atoms with Crippen LogP contribution in [0.3, 0.4) is 0 Å². The molecule has 4 N–H and O–H groups in total. The number of nitrogens with two attached hydrogens (primary N) is 1. The van der Waals surface area contributed by atoms with Gasteiger partial charge in [-0.1, -0.05) is 12.1 Å². The summed E-state index contributed by atoms with van der Waals surface area (Å²) in [5.41, 5.74) is 6.30. The molecule has 1 aromatic rings. The molecule has 1 fully saturated rings. The number of rotatable bonds is 7. The van der Waals surface area contributed by atoms with Gasteiger partial charge in [0.1, 0.15) is 0 Å². The van der Waals surface area contributed by atoms with Gasteiger partial charge in [-0.15, -0.1) is 24.0 Å². The highest BCUT2D eigenvalue weighted by atomic mass is 127. The van der Waals surface area contributed by atoms with Gasteiger partial charge in [0.25, 0.3) is 11.8 Å². The van der Waals surface area contributed by atoms with Gasteiger partial charge in [0.15, 0.2) is 5.96 Å². The van der Waals surface area contributed by atoms with E-state index in [2.05, 4.69) is 15.6 Å². The Morgan fingerprint density at radius 1 is 1.13 bits per heavy atom. The van der Waals surface area contributed by atoms with E-state index in [1.165, 1.54) is 4.90 Å². The second-order valence-corrected chi connectivity index (χ2v) is 7.52. The molecule has 4 amide bonds. The fourth-order valence-electron chi connectivity index (χ4n) is 3.77. The number of primary amides is 1. The van der Waals surface area contributed by atoms with Crippen LogP contribution in [-0.2, 0) is 0 Å². The molecule has 0 bridgehead atoms. The van der Waals surface area contributed by atoms with E-state index in [1.54, 1.807) is 29.2 Å². The van der Waals surface area contributed by atoms with Crippen LogP contribution in [-0.4, -0.2) is 72.4 Å². The summed E-state index contributed by atoms with van der Waals surface area (Å²) in [5.74, 6) is 0.323. The predicted molar refractivity (Wildman–Crippen MR) is 130 cm³/mol. The van der Waals surface area contributed by atoms with Gasteiger partial charge >= 0.3 is 6.03 Å². The predicted octanol–water partition coefficient (Wildman–Crippen LogP) is 1.78. The number of carbonyl (C=O) groups is 3. The monoisotopic (exact) mass is 542 g/mol. The van der Waals surface area contributed by atoms with Gasteiger partial charge < -0.3 is 21.3 Å². The average Bonchev–Trinajstić information content (AvgIpc) is 2.99. The summed E-state index contributed by atoms with van der Waals surface area (Å²) in [5, 5.41) is 6.65. The van der Waals surface area contributed by atoms with Crippen molar-refractivity contribution in [2.24, 2.45) is 10.7 Å². The number of piperidine rings is 1. The minimum Gasteiger partial charge on any atom is -0.357 e. The van der Waals surface area contributed by atoms with Crippen LogP contribution >= 0.6 is 24.0 Å². The first kappa shape index (κ1) is 24.9. The topological polar surface area (TPSA) is 120 Å². The highest BCUT2D eigenvalue weighted by molar-refractivity contribution is 14.0. The fourth-order valence-corrected chi connectivity index (χ4v) is 3.77. The van der Waals surface area contributed by atoms with Gasteiger partial charge in [-0.25, -0.2) is 4.79 Å². The zero-order valence-electron chi connectivity index (χ0n) is 17.8. The van der Waals surface area contributed by atoms with Crippen LogP contribution in [0.5, 0.6) is 0 Å². The van der Waals surface area contributed by atoms with E-state index in [4.69, 9.17) is 5.73 Å². The molecule has 2 heterocycles. The summed E-state index contributed by atoms with van der Waals surface area (Å²) in [7, 11) is 0. The van der Waals surface area contributed by atoms with E-state index < -0.39 is 0 Å². The highest BCUT2D eigenvalue weighted by Gasteiger charge is 2.34. The number of imide groups is 1. The first-order valence-corrected chi connectivity index (χ1v) is 10.6. The van der Waals surface area contributed by atoms with Gasteiger partial charge in [0.05, 0.1) is 11.1 Å². The molecule has 0 radical (unpaired) electrons. The van der Waals surface area contributed by atoms with Crippen molar-refractivity contribution in [3.05, 3.63) is 35.4 Å². The molecule has 10 heteroatoms. The Hall–Kier alpha value is -2.37. The molecule has 2 aliphatic heterocycles. The first-order valence-electron chi connectivity index (χ1n) is 10.6. The van der Waals surface area contributed by atoms with Crippen LogP contribution < -0.4 is 16.4 Å². The molecular weight excluding hydrogens is 511 g/mol. The number of aliphatic imine (C=N–C) groups is 1. The van der Waals surface area contributed by atoms with Crippen molar-refractivity contribution in [3.8, 4) is 0 Å². The number of amides is 4. The van der Waals surface area contributed by atoms with Crippen molar-refractivity contribution in [2.75, 3.05) is 32.7 Å². The average molecular weight is 542 g/mol. The van der Waals surface area contributed by atoms with Crippen LogP contribution in [0.4, 0.5) is 4.79 Å². The van der Waals surface area contributed by atoms with Crippen molar-refractivity contribution in [2.45, 2.75) is 38.6 Å². The summed E-state index contributed by atoms with van der Waals surface area (Å²) in [4.78, 5) is 43.6. The van der Waals surface area contributed by atoms with Crippen LogP contribution in [0.1, 0.15) is 53.3 Å². The Bertz CT molecular complexity index is 788. The first-order chi connectivity index (χ1) is 14.5. The van der Waals surface area contributed by atoms with Gasteiger partial charge in [0.2, 0.25) is 0 Å². The van der Waals surface area contributed by atoms with E-state index in [0.29, 0.717) is 43.7 Å². The van der Waals surface area contributed by atoms with E-state index in [0.717, 1.165) is 31.8 Å². The summed E-state index contributed by atoms with van der Waals surface area (Å²) < 4.78 is 0. The number of fused-ring (bicyclic) bond motifs is 1. The Labute approximate surface area is 199 Å². The number of nitrogens with zero attached hydrogens (tertiary/aromatic N) is 3. The maximum atomic E-state index is 12.4. The summed E-state index contributed by atoms with van der Waals surface area (Å²) in [6.45, 7) is 5.05. The number of unbranched alkanes of at least 4 members (excludes halogenated alkanes) is 1. The van der Waals surface area contributed by atoms with Crippen LogP contribution in [0.15, 0.2) is 29.3 Å². The second-order valence-electron chi connectivity index (χ2n) is 7.52. The van der Waals surface area contributed by atoms with Crippen molar-refractivity contribution < 1.29 is 14.4 Å². The number of benzene rings is 1. The van der Waals surface area contributed by atoms with Crippen molar-refractivity contribution in [1.82, 2.24) is 20.4 Å². The third-order valence-electron chi connectivity index (χ3n) is 5.43. The summed E-state index contributed by atoms with van der Waals surface area (Å²) >= 11 is 0. The Morgan fingerprint density at radius 2 is 1.74 bits per heavy atom. The van der Waals surface area contributed by atoms with Crippen LogP contribution in [0.25, 0.3) is 0 Å². The Kier molecular flexibility index (Phi) is 9.53. The lowest BCUT2D eigenvalue weighted by Gasteiger charge is -2.32.